The molecule has 0 radical (unpaired) electrons. The lowest BCUT2D eigenvalue weighted by Gasteiger charge is -2.35. The molecule has 1 aliphatic rings. The largest absolute Gasteiger partial charge is 0.493 e. The van der Waals surface area contributed by atoms with E-state index in [1.54, 1.807) is 0 Å². The van der Waals surface area contributed by atoms with E-state index in [1.165, 1.54) is 25.3 Å². The fourth-order valence-corrected chi connectivity index (χ4v) is 3.45. The molecule has 3 rings (SSSR count). The fourth-order valence-electron chi connectivity index (χ4n) is 3.45. The number of alkyl halides is 2. The number of rotatable bonds is 8. The molecule has 0 spiro atoms. The molecular weight excluding hydrogens is 392 g/mol. The summed E-state index contributed by atoms with van der Waals surface area (Å²) in [6.45, 7) is 1.56. The molecule has 1 unspecified atom stereocenters. The summed E-state index contributed by atoms with van der Waals surface area (Å²) in [4.78, 5) is 17.6. The van der Waals surface area contributed by atoms with Crippen LogP contribution in [0.25, 0.3) is 0 Å². The number of hydrogen-bond donors (Lipinski definition) is 1. The Morgan fingerprint density at radius 2 is 1.77 bits per heavy atom. The highest BCUT2D eigenvalue weighted by molar-refractivity contribution is 5.95. The normalized spacial score (nSPS) is 16.3. The molecule has 0 saturated carbocycles. The standard InChI is InChI=1S/C22H27F2N3O3/c1-26-10-12-27(13-11-26)15-18(16-6-4-3-5-7-16)25-21(28)17-8-9-19(30-22(23)24)20(14-17)29-2/h3-9,14,18,22H,10-13,15H2,1-2H3,(H,25,28). The van der Waals surface area contributed by atoms with Crippen LogP contribution in [-0.2, 0) is 0 Å². The number of likely N-dealkylation sites (N-methyl/N-ethyl adjacent to an activating group) is 1. The van der Waals surface area contributed by atoms with Crippen molar-refractivity contribution in [2.45, 2.75) is 12.7 Å². The summed E-state index contributed by atoms with van der Waals surface area (Å²) >= 11 is 0. The van der Waals surface area contributed by atoms with Crippen LogP contribution in [0.1, 0.15) is 22.0 Å². The van der Waals surface area contributed by atoms with E-state index in [-0.39, 0.29) is 23.4 Å². The summed E-state index contributed by atoms with van der Waals surface area (Å²) in [5.74, 6) is -0.334. The van der Waals surface area contributed by atoms with E-state index >= 15 is 0 Å². The van der Waals surface area contributed by atoms with Crippen molar-refractivity contribution in [3.05, 3.63) is 59.7 Å². The Morgan fingerprint density at radius 1 is 1.07 bits per heavy atom. The Labute approximate surface area is 175 Å². The third-order valence-corrected chi connectivity index (χ3v) is 5.19. The number of methoxy groups -OCH3 is 1. The summed E-state index contributed by atoms with van der Waals surface area (Å²) in [5.41, 5.74) is 1.32. The van der Waals surface area contributed by atoms with Crippen molar-refractivity contribution in [1.82, 2.24) is 15.1 Å². The molecule has 1 amide bonds. The van der Waals surface area contributed by atoms with Crippen molar-refractivity contribution in [3.8, 4) is 11.5 Å². The van der Waals surface area contributed by atoms with Gasteiger partial charge >= 0.3 is 6.61 Å². The summed E-state index contributed by atoms with van der Waals surface area (Å²) in [6, 6.07) is 13.8. The minimum atomic E-state index is -2.97. The van der Waals surface area contributed by atoms with Crippen molar-refractivity contribution in [3.63, 3.8) is 0 Å². The van der Waals surface area contributed by atoms with Crippen LogP contribution in [0.2, 0.25) is 0 Å². The third-order valence-electron chi connectivity index (χ3n) is 5.19. The minimum Gasteiger partial charge on any atom is -0.493 e. The van der Waals surface area contributed by atoms with Gasteiger partial charge in [-0.05, 0) is 30.8 Å². The van der Waals surface area contributed by atoms with Crippen LogP contribution >= 0.6 is 0 Å². The number of nitrogens with zero attached hydrogens (tertiary/aromatic N) is 2. The quantitative estimate of drug-likeness (QED) is 0.713. The zero-order valence-electron chi connectivity index (χ0n) is 17.2. The first-order valence-corrected chi connectivity index (χ1v) is 9.86. The molecule has 1 saturated heterocycles. The van der Waals surface area contributed by atoms with E-state index in [4.69, 9.17) is 4.74 Å². The molecule has 1 atom stereocenters. The highest BCUT2D eigenvalue weighted by atomic mass is 19.3. The van der Waals surface area contributed by atoms with Gasteiger partial charge in [-0.1, -0.05) is 30.3 Å². The first-order chi connectivity index (χ1) is 14.5. The molecule has 6 nitrogen and oxygen atoms in total. The SMILES string of the molecule is COc1cc(C(=O)NC(CN2CCN(C)CC2)c2ccccc2)ccc1OC(F)F. The predicted octanol–water partition coefficient (Wildman–Crippen LogP) is 3.02. The Bertz CT molecular complexity index is 828. The van der Waals surface area contributed by atoms with Gasteiger partial charge in [-0.3, -0.25) is 9.69 Å². The van der Waals surface area contributed by atoms with Crippen molar-refractivity contribution < 1.29 is 23.0 Å². The molecule has 0 aromatic heterocycles. The average molecular weight is 419 g/mol. The lowest BCUT2D eigenvalue weighted by Crippen LogP contribution is -2.47. The molecule has 8 heteroatoms. The second-order valence-electron chi connectivity index (χ2n) is 7.28. The van der Waals surface area contributed by atoms with E-state index in [2.05, 4.69) is 26.9 Å². The van der Waals surface area contributed by atoms with Gasteiger partial charge in [0.2, 0.25) is 0 Å². The highest BCUT2D eigenvalue weighted by Gasteiger charge is 2.22. The van der Waals surface area contributed by atoms with Crippen molar-refractivity contribution >= 4 is 5.91 Å². The number of hydrogen-bond acceptors (Lipinski definition) is 5. The van der Waals surface area contributed by atoms with E-state index in [1.807, 2.05) is 30.3 Å². The summed E-state index contributed by atoms with van der Waals surface area (Å²) < 4.78 is 34.6. The molecule has 1 heterocycles. The maximum Gasteiger partial charge on any atom is 0.387 e. The molecule has 1 aliphatic heterocycles. The van der Waals surface area contributed by atoms with Gasteiger partial charge in [0.05, 0.1) is 13.2 Å². The maximum atomic E-state index is 12.9. The molecule has 2 aromatic rings. The van der Waals surface area contributed by atoms with E-state index in [9.17, 15) is 13.6 Å². The third kappa shape index (κ3) is 5.90. The average Bonchev–Trinajstić information content (AvgIpc) is 2.75. The molecule has 0 bridgehead atoms. The lowest BCUT2D eigenvalue weighted by molar-refractivity contribution is -0.0512. The predicted molar refractivity (Wildman–Crippen MR) is 110 cm³/mol. The number of carbonyl (C=O) groups excluding carboxylic acids is 1. The van der Waals surface area contributed by atoms with Gasteiger partial charge in [0, 0.05) is 38.3 Å². The minimum absolute atomic E-state index is 0.0817. The number of nitrogens with one attached hydrogen (secondary N) is 1. The van der Waals surface area contributed by atoms with E-state index in [0.717, 1.165) is 31.7 Å². The van der Waals surface area contributed by atoms with Gasteiger partial charge in [0.25, 0.3) is 5.91 Å². The monoisotopic (exact) mass is 419 g/mol. The van der Waals surface area contributed by atoms with Gasteiger partial charge in [-0.2, -0.15) is 8.78 Å². The summed E-state index contributed by atoms with van der Waals surface area (Å²) in [5, 5.41) is 3.08. The first-order valence-electron chi connectivity index (χ1n) is 9.86. The number of amides is 1. The number of carbonyl (C=O) groups is 1. The second-order valence-corrected chi connectivity index (χ2v) is 7.28. The van der Waals surface area contributed by atoms with E-state index < -0.39 is 6.61 Å². The fraction of sp³-hybridized carbons (Fsp3) is 0.409. The summed E-state index contributed by atoms with van der Waals surface area (Å²) in [7, 11) is 3.44. The van der Waals surface area contributed by atoms with Gasteiger partial charge in [-0.15, -0.1) is 0 Å². The molecular formula is C22H27F2N3O3. The van der Waals surface area contributed by atoms with Crippen LogP contribution in [0.3, 0.4) is 0 Å². The molecule has 30 heavy (non-hydrogen) atoms. The number of benzene rings is 2. The Hall–Kier alpha value is -2.71. The zero-order valence-corrected chi connectivity index (χ0v) is 17.2. The van der Waals surface area contributed by atoms with Crippen LogP contribution in [0.4, 0.5) is 8.78 Å². The Kier molecular flexibility index (Phi) is 7.59. The van der Waals surface area contributed by atoms with Crippen LogP contribution in [0, 0.1) is 0 Å². The number of piperazine rings is 1. The van der Waals surface area contributed by atoms with Gasteiger partial charge < -0.3 is 19.7 Å². The molecule has 1 N–H and O–H groups in total. The van der Waals surface area contributed by atoms with Gasteiger partial charge in [0.15, 0.2) is 11.5 Å². The zero-order chi connectivity index (χ0) is 21.5. The van der Waals surface area contributed by atoms with Gasteiger partial charge in [-0.25, -0.2) is 0 Å². The van der Waals surface area contributed by atoms with Crippen LogP contribution in [-0.4, -0.2) is 69.2 Å². The second kappa shape index (κ2) is 10.4. The lowest BCUT2D eigenvalue weighted by atomic mass is 10.0. The smallest absolute Gasteiger partial charge is 0.387 e. The van der Waals surface area contributed by atoms with Crippen molar-refractivity contribution in [2.24, 2.45) is 0 Å². The van der Waals surface area contributed by atoms with Crippen LogP contribution in [0.15, 0.2) is 48.5 Å². The van der Waals surface area contributed by atoms with Crippen LogP contribution in [0.5, 0.6) is 11.5 Å². The number of ether oxygens (including phenoxy) is 2. The summed E-state index contributed by atoms with van der Waals surface area (Å²) in [6.07, 6.45) is 0. The molecule has 162 valence electrons. The topological polar surface area (TPSA) is 54.0 Å². The maximum absolute atomic E-state index is 12.9. The van der Waals surface area contributed by atoms with Gasteiger partial charge in [0.1, 0.15) is 0 Å². The van der Waals surface area contributed by atoms with E-state index in [0.29, 0.717) is 12.1 Å². The van der Waals surface area contributed by atoms with Crippen molar-refractivity contribution in [1.29, 1.82) is 0 Å². The van der Waals surface area contributed by atoms with Crippen LogP contribution < -0.4 is 14.8 Å². The molecule has 2 aromatic carbocycles. The van der Waals surface area contributed by atoms with Crippen molar-refractivity contribution in [2.75, 3.05) is 46.9 Å². The highest BCUT2D eigenvalue weighted by Crippen LogP contribution is 2.29. The number of halogens is 2. The molecule has 1 fully saturated rings. The Morgan fingerprint density at radius 3 is 2.40 bits per heavy atom. The first kappa shape index (κ1) is 22.0. The Balaban J connectivity index is 1.75. The molecule has 0 aliphatic carbocycles.